The largest absolute Gasteiger partial charge is 0.487 e. The number of hydrogen-bond acceptors (Lipinski definition) is 7. The van der Waals surface area contributed by atoms with Gasteiger partial charge in [0.15, 0.2) is 0 Å². The summed E-state index contributed by atoms with van der Waals surface area (Å²) in [4.78, 5) is 12.4. The summed E-state index contributed by atoms with van der Waals surface area (Å²) in [5.74, 6) is 2.98. The van der Waals surface area contributed by atoms with Crippen LogP contribution < -0.4 is 15.0 Å². The number of aromatic nitrogens is 2. The molecule has 0 spiro atoms. The van der Waals surface area contributed by atoms with Gasteiger partial charge in [-0.3, -0.25) is 4.21 Å². The van der Waals surface area contributed by atoms with Crippen LogP contribution in [0.25, 0.3) is 0 Å². The molecule has 0 bridgehead atoms. The summed E-state index contributed by atoms with van der Waals surface area (Å²) in [6.45, 7) is 3.03. The normalized spacial score (nSPS) is 22.6. The van der Waals surface area contributed by atoms with E-state index in [-0.39, 0.29) is 6.10 Å². The number of rotatable bonds is 5. The minimum absolute atomic E-state index is 0.139. The lowest BCUT2D eigenvalue weighted by Gasteiger charge is -2.39. The molecule has 0 saturated carbocycles. The fraction of sp³-hybridized carbons (Fsp3) is 0.500. The first kappa shape index (κ1) is 17.9. The van der Waals surface area contributed by atoms with Crippen molar-refractivity contribution in [2.24, 2.45) is 0 Å². The van der Waals surface area contributed by atoms with Crippen LogP contribution in [0.2, 0.25) is 0 Å². The van der Waals surface area contributed by atoms with Crippen LogP contribution in [0, 0.1) is 0 Å². The van der Waals surface area contributed by atoms with Gasteiger partial charge in [0, 0.05) is 31.4 Å². The predicted octanol–water partition coefficient (Wildman–Crippen LogP) is 2.00. The number of ether oxygens (including phenoxy) is 2. The number of nitrogens with one attached hydrogen (secondary N) is 1. The highest BCUT2D eigenvalue weighted by atomic mass is 32.2. The molecule has 0 aliphatic carbocycles. The summed E-state index contributed by atoms with van der Waals surface area (Å²) in [5.41, 5.74) is 0.922. The molecule has 0 amide bonds. The zero-order valence-corrected chi connectivity index (χ0v) is 16.5. The van der Waals surface area contributed by atoms with Crippen molar-refractivity contribution in [3.8, 4) is 5.75 Å². The molecular weight excluding hydrogens is 376 g/mol. The maximum atomic E-state index is 12.5. The van der Waals surface area contributed by atoms with Crippen molar-refractivity contribution in [2.45, 2.75) is 36.3 Å². The maximum absolute atomic E-state index is 12.5. The van der Waals surface area contributed by atoms with Gasteiger partial charge in [0.1, 0.15) is 22.6 Å². The van der Waals surface area contributed by atoms with E-state index in [9.17, 15) is 4.21 Å². The third-order valence-corrected chi connectivity index (χ3v) is 6.87. The van der Waals surface area contributed by atoms with Crippen LogP contribution in [0.1, 0.15) is 18.5 Å². The van der Waals surface area contributed by atoms with Crippen LogP contribution in [-0.2, 0) is 22.0 Å². The van der Waals surface area contributed by atoms with Crippen LogP contribution in [0.3, 0.4) is 0 Å². The lowest BCUT2D eigenvalue weighted by molar-refractivity contribution is 0.0903. The lowest BCUT2D eigenvalue weighted by atomic mass is 10.1. The Morgan fingerprint density at radius 2 is 1.93 bits per heavy atom. The summed E-state index contributed by atoms with van der Waals surface area (Å²) in [6.07, 6.45) is 2.77. The Bertz CT molecular complexity index is 867. The van der Waals surface area contributed by atoms with Crippen LogP contribution in [-0.4, -0.2) is 58.4 Å². The Labute approximate surface area is 166 Å². The summed E-state index contributed by atoms with van der Waals surface area (Å²) in [5, 5.41) is 3.52. The minimum Gasteiger partial charge on any atom is -0.487 e. The van der Waals surface area contributed by atoms with E-state index in [1.165, 1.54) is 0 Å². The number of anilines is 2. The maximum Gasteiger partial charge on any atom is 0.227 e. The highest BCUT2D eigenvalue weighted by Gasteiger charge is 2.34. The van der Waals surface area contributed by atoms with E-state index in [0.29, 0.717) is 17.7 Å². The quantitative estimate of drug-likeness (QED) is 0.823. The van der Waals surface area contributed by atoms with Gasteiger partial charge in [0.2, 0.25) is 5.95 Å². The molecule has 148 valence electrons. The molecule has 0 unspecified atom stereocenters. The summed E-state index contributed by atoms with van der Waals surface area (Å²) in [7, 11) is -1.01. The number of benzene rings is 1. The number of hydrogen-bond donors (Lipinski definition) is 1. The van der Waals surface area contributed by atoms with E-state index >= 15 is 0 Å². The van der Waals surface area contributed by atoms with Crippen LogP contribution in [0.15, 0.2) is 35.2 Å². The fourth-order valence-electron chi connectivity index (χ4n) is 3.83. The number of aryl methyl sites for hydroxylation is 1. The van der Waals surface area contributed by atoms with Gasteiger partial charge in [0.05, 0.1) is 29.6 Å². The molecule has 0 radical (unpaired) electrons. The molecule has 3 aliphatic heterocycles. The Kier molecular flexibility index (Phi) is 4.90. The molecule has 2 saturated heterocycles. The molecule has 1 N–H and O–H groups in total. The van der Waals surface area contributed by atoms with Crippen LogP contribution >= 0.6 is 0 Å². The van der Waals surface area contributed by atoms with Gasteiger partial charge < -0.3 is 19.7 Å². The van der Waals surface area contributed by atoms with Gasteiger partial charge in [-0.1, -0.05) is 18.2 Å². The Morgan fingerprint density at radius 3 is 2.71 bits per heavy atom. The van der Waals surface area contributed by atoms with Crippen molar-refractivity contribution < 1.29 is 13.7 Å². The highest BCUT2D eigenvalue weighted by Crippen LogP contribution is 2.32. The first-order valence-corrected chi connectivity index (χ1v) is 11.2. The standard InChI is InChI=1S/C20H24N4O3S/c25-28-11-8-17-18(28)19(21-14-6-9-26-10-7-14)23-20(22-17)24-12-16(13-24)27-15-4-2-1-3-5-15/h1-5,14,16H,6-13H2,(H,21,22,23)/t28-/m0/s1. The predicted molar refractivity (Wildman–Crippen MR) is 108 cm³/mol. The zero-order chi connectivity index (χ0) is 18.9. The van der Waals surface area contributed by atoms with Gasteiger partial charge >= 0.3 is 0 Å². The molecule has 2 fully saturated rings. The second-order valence-electron chi connectivity index (χ2n) is 7.44. The summed E-state index contributed by atoms with van der Waals surface area (Å²) < 4.78 is 23.9. The monoisotopic (exact) mass is 400 g/mol. The Morgan fingerprint density at radius 1 is 1.14 bits per heavy atom. The molecule has 1 atom stereocenters. The van der Waals surface area contributed by atoms with E-state index in [0.717, 1.165) is 67.7 Å². The van der Waals surface area contributed by atoms with E-state index in [1.54, 1.807) is 0 Å². The number of fused-ring (bicyclic) bond motifs is 1. The van der Waals surface area contributed by atoms with Crippen molar-refractivity contribution in [2.75, 3.05) is 42.3 Å². The SMILES string of the molecule is O=[S@]1CCc2nc(N3CC(Oc4ccccc4)C3)nc(NC3CCOCC3)c21. The Balaban J connectivity index is 1.31. The van der Waals surface area contributed by atoms with E-state index in [1.807, 2.05) is 30.3 Å². The second-order valence-corrected chi connectivity index (χ2v) is 8.94. The van der Waals surface area contributed by atoms with Crippen molar-refractivity contribution in [1.29, 1.82) is 0 Å². The first-order valence-electron chi connectivity index (χ1n) is 9.86. The lowest BCUT2D eigenvalue weighted by Crippen LogP contribution is -2.54. The van der Waals surface area contributed by atoms with E-state index in [4.69, 9.17) is 19.4 Å². The van der Waals surface area contributed by atoms with Gasteiger partial charge in [-0.15, -0.1) is 0 Å². The average molecular weight is 401 g/mol. The topological polar surface area (TPSA) is 76.6 Å². The molecule has 5 rings (SSSR count). The minimum atomic E-state index is -1.01. The highest BCUT2D eigenvalue weighted by molar-refractivity contribution is 7.85. The van der Waals surface area contributed by atoms with E-state index in [2.05, 4.69) is 10.2 Å². The van der Waals surface area contributed by atoms with Crippen LogP contribution in [0.5, 0.6) is 5.75 Å². The van der Waals surface area contributed by atoms with Crippen molar-refractivity contribution in [3.05, 3.63) is 36.0 Å². The van der Waals surface area contributed by atoms with Crippen molar-refractivity contribution >= 4 is 22.6 Å². The molecule has 2 aromatic rings. The van der Waals surface area contributed by atoms with Gasteiger partial charge in [-0.05, 0) is 25.0 Å². The smallest absolute Gasteiger partial charge is 0.227 e. The van der Waals surface area contributed by atoms with Crippen LogP contribution in [0.4, 0.5) is 11.8 Å². The first-order chi connectivity index (χ1) is 13.8. The molecule has 1 aromatic carbocycles. The molecule has 28 heavy (non-hydrogen) atoms. The summed E-state index contributed by atoms with van der Waals surface area (Å²) in [6, 6.07) is 10.2. The van der Waals surface area contributed by atoms with Gasteiger partial charge in [0.25, 0.3) is 0 Å². The second kappa shape index (κ2) is 7.67. The third-order valence-electron chi connectivity index (χ3n) is 5.41. The molecule has 8 heteroatoms. The molecular formula is C20H24N4O3S. The van der Waals surface area contributed by atoms with E-state index < -0.39 is 10.8 Å². The third kappa shape index (κ3) is 3.58. The average Bonchev–Trinajstić information content (AvgIpc) is 3.07. The van der Waals surface area contributed by atoms with Gasteiger partial charge in [-0.2, -0.15) is 4.98 Å². The number of nitrogens with zero attached hydrogens (tertiary/aromatic N) is 3. The zero-order valence-electron chi connectivity index (χ0n) is 15.7. The Hall–Kier alpha value is -2.19. The molecule has 1 aromatic heterocycles. The molecule has 4 heterocycles. The van der Waals surface area contributed by atoms with Crippen molar-refractivity contribution in [1.82, 2.24) is 9.97 Å². The molecule has 3 aliphatic rings. The van der Waals surface area contributed by atoms with Crippen molar-refractivity contribution in [3.63, 3.8) is 0 Å². The summed E-state index contributed by atoms with van der Waals surface area (Å²) >= 11 is 0. The fourth-order valence-corrected chi connectivity index (χ4v) is 5.14. The number of para-hydroxylation sites is 1. The molecule has 7 nitrogen and oxygen atoms in total. The van der Waals surface area contributed by atoms with Gasteiger partial charge in [-0.25, -0.2) is 4.98 Å².